The second-order valence-electron chi connectivity index (χ2n) is 5.48. The number of carbonyl (C=O) groups excluding carboxylic acids is 1. The number of morpholine rings is 1. The first-order valence-corrected chi connectivity index (χ1v) is 6.31. The Bertz CT molecular complexity index is 310. The first-order valence-electron chi connectivity index (χ1n) is 6.31. The van der Waals surface area contributed by atoms with E-state index in [1.807, 2.05) is 20.8 Å². The van der Waals surface area contributed by atoms with E-state index in [1.165, 1.54) is 0 Å². The highest BCUT2D eigenvalue weighted by Crippen LogP contribution is 2.17. The molecule has 0 saturated carbocycles. The van der Waals surface area contributed by atoms with Gasteiger partial charge in [0.15, 0.2) is 0 Å². The number of hydrogen-bond acceptors (Lipinski definition) is 4. The number of hydrogen-bond donors (Lipinski definition) is 1. The van der Waals surface area contributed by atoms with Gasteiger partial charge < -0.3 is 20.1 Å². The fraction of sp³-hybridized carbons (Fsp3) is 0.769. The Morgan fingerprint density at radius 3 is 2.78 bits per heavy atom. The summed E-state index contributed by atoms with van der Waals surface area (Å²) in [5, 5.41) is 0. The van der Waals surface area contributed by atoms with Crippen LogP contribution in [0.25, 0.3) is 0 Å². The van der Waals surface area contributed by atoms with E-state index in [2.05, 4.69) is 6.58 Å². The van der Waals surface area contributed by atoms with Crippen molar-refractivity contribution >= 4 is 6.09 Å². The van der Waals surface area contributed by atoms with E-state index < -0.39 is 5.60 Å². The topological polar surface area (TPSA) is 64.8 Å². The molecule has 1 aliphatic heterocycles. The molecule has 2 N–H and O–H groups in total. The van der Waals surface area contributed by atoms with Gasteiger partial charge in [0.25, 0.3) is 0 Å². The third-order valence-electron chi connectivity index (χ3n) is 2.64. The molecule has 0 spiro atoms. The normalized spacial score (nSPS) is 20.7. The molecule has 0 aromatic rings. The van der Waals surface area contributed by atoms with Crippen LogP contribution in [0.3, 0.4) is 0 Å². The first kappa shape index (κ1) is 15.0. The molecule has 5 nitrogen and oxygen atoms in total. The zero-order valence-corrected chi connectivity index (χ0v) is 11.6. The number of carbonyl (C=O) groups is 1. The van der Waals surface area contributed by atoms with Gasteiger partial charge in [0.05, 0.1) is 19.3 Å². The maximum absolute atomic E-state index is 11.9. The van der Waals surface area contributed by atoms with Gasteiger partial charge in [-0.3, -0.25) is 0 Å². The van der Waals surface area contributed by atoms with Gasteiger partial charge in [-0.25, -0.2) is 4.79 Å². The van der Waals surface area contributed by atoms with Crippen molar-refractivity contribution in [3.8, 4) is 0 Å². The minimum Gasteiger partial charge on any atom is -0.444 e. The Kier molecular flexibility index (Phi) is 5.16. The SMILES string of the molecule is C=C(CCN)C1CN(C(=O)OC(C)(C)C)CCO1. The standard InChI is InChI=1S/C13H24N2O3/c1-10(5-6-14)11-9-15(7-8-17-11)12(16)18-13(2,3)4/h11H,1,5-9,14H2,2-4H3. The maximum atomic E-state index is 11.9. The second-order valence-corrected chi connectivity index (χ2v) is 5.48. The van der Waals surface area contributed by atoms with Crippen LogP contribution in [0.15, 0.2) is 12.2 Å². The molecule has 1 amide bonds. The zero-order chi connectivity index (χ0) is 13.8. The highest BCUT2D eigenvalue weighted by Gasteiger charge is 2.28. The molecule has 5 heteroatoms. The monoisotopic (exact) mass is 256 g/mol. The van der Waals surface area contributed by atoms with Crippen LogP contribution >= 0.6 is 0 Å². The van der Waals surface area contributed by atoms with E-state index in [9.17, 15) is 4.79 Å². The molecular weight excluding hydrogens is 232 g/mol. The summed E-state index contributed by atoms with van der Waals surface area (Å²) in [7, 11) is 0. The van der Waals surface area contributed by atoms with Crippen molar-refractivity contribution in [2.45, 2.75) is 38.9 Å². The molecule has 1 saturated heterocycles. The number of rotatable bonds is 3. The first-order chi connectivity index (χ1) is 8.33. The molecule has 1 atom stereocenters. The summed E-state index contributed by atoms with van der Waals surface area (Å²) >= 11 is 0. The van der Waals surface area contributed by atoms with Gasteiger partial charge in [-0.05, 0) is 39.3 Å². The van der Waals surface area contributed by atoms with E-state index >= 15 is 0 Å². The highest BCUT2D eigenvalue weighted by molar-refractivity contribution is 5.68. The Morgan fingerprint density at radius 1 is 1.56 bits per heavy atom. The van der Waals surface area contributed by atoms with E-state index in [1.54, 1.807) is 4.90 Å². The van der Waals surface area contributed by atoms with Crippen LogP contribution in [0.5, 0.6) is 0 Å². The molecule has 1 rings (SSSR count). The van der Waals surface area contributed by atoms with Gasteiger partial charge in [-0.1, -0.05) is 6.58 Å². The van der Waals surface area contributed by atoms with Gasteiger partial charge in [-0.15, -0.1) is 0 Å². The second kappa shape index (κ2) is 6.20. The van der Waals surface area contributed by atoms with Gasteiger partial charge in [0.2, 0.25) is 0 Å². The van der Waals surface area contributed by atoms with Crippen LogP contribution in [0, 0.1) is 0 Å². The number of nitrogens with zero attached hydrogens (tertiary/aromatic N) is 1. The number of amides is 1. The van der Waals surface area contributed by atoms with Crippen molar-refractivity contribution in [2.75, 3.05) is 26.2 Å². The van der Waals surface area contributed by atoms with Crippen molar-refractivity contribution in [1.29, 1.82) is 0 Å². The Hall–Kier alpha value is -1.07. The summed E-state index contributed by atoms with van der Waals surface area (Å²) in [5.74, 6) is 0. The summed E-state index contributed by atoms with van der Waals surface area (Å²) in [5.41, 5.74) is 5.96. The summed E-state index contributed by atoms with van der Waals surface area (Å²) in [6.45, 7) is 11.6. The molecule has 0 radical (unpaired) electrons. The Labute approximate surface area is 109 Å². The van der Waals surface area contributed by atoms with E-state index in [0.717, 1.165) is 5.57 Å². The fourth-order valence-electron chi connectivity index (χ4n) is 1.73. The third-order valence-corrected chi connectivity index (χ3v) is 2.64. The van der Waals surface area contributed by atoms with Crippen LogP contribution in [0.4, 0.5) is 4.79 Å². The summed E-state index contributed by atoms with van der Waals surface area (Å²) < 4.78 is 10.9. The molecule has 1 fully saturated rings. The molecule has 1 aliphatic rings. The summed E-state index contributed by atoms with van der Waals surface area (Å²) in [4.78, 5) is 13.6. The van der Waals surface area contributed by atoms with Crippen molar-refractivity contribution in [3.05, 3.63) is 12.2 Å². The van der Waals surface area contributed by atoms with E-state index in [0.29, 0.717) is 32.7 Å². The molecule has 18 heavy (non-hydrogen) atoms. The lowest BCUT2D eigenvalue weighted by Crippen LogP contribution is -2.48. The van der Waals surface area contributed by atoms with Crippen LogP contribution in [0.1, 0.15) is 27.2 Å². The molecule has 1 heterocycles. The minimum absolute atomic E-state index is 0.130. The van der Waals surface area contributed by atoms with Gasteiger partial charge in [0, 0.05) is 6.54 Å². The van der Waals surface area contributed by atoms with Gasteiger partial charge >= 0.3 is 6.09 Å². The molecular formula is C13H24N2O3. The van der Waals surface area contributed by atoms with Crippen molar-refractivity contribution < 1.29 is 14.3 Å². The van der Waals surface area contributed by atoms with Crippen molar-refractivity contribution in [1.82, 2.24) is 4.90 Å². The van der Waals surface area contributed by atoms with Gasteiger partial charge in [0.1, 0.15) is 5.60 Å². The fourth-order valence-corrected chi connectivity index (χ4v) is 1.73. The van der Waals surface area contributed by atoms with Crippen LogP contribution < -0.4 is 5.73 Å². The van der Waals surface area contributed by atoms with Crippen LogP contribution in [-0.4, -0.2) is 48.9 Å². The minimum atomic E-state index is -0.473. The molecule has 0 bridgehead atoms. The van der Waals surface area contributed by atoms with Crippen molar-refractivity contribution in [2.24, 2.45) is 5.73 Å². The molecule has 0 aliphatic carbocycles. The lowest BCUT2D eigenvalue weighted by molar-refractivity contribution is -0.0303. The highest BCUT2D eigenvalue weighted by atomic mass is 16.6. The van der Waals surface area contributed by atoms with Crippen molar-refractivity contribution in [3.63, 3.8) is 0 Å². The lowest BCUT2D eigenvalue weighted by Gasteiger charge is -2.35. The quantitative estimate of drug-likeness (QED) is 0.778. The predicted octanol–water partition coefficient (Wildman–Crippen LogP) is 1.53. The molecule has 104 valence electrons. The number of nitrogens with two attached hydrogens (primary N) is 1. The Morgan fingerprint density at radius 2 is 2.22 bits per heavy atom. The molecule has 0 aromatic heterocycles. The summed E-state index contributed by atoms with van der Waals surface area (Å²) in [6, 6.07) is 0. The van der Waals surface area contributed by atoms with Crippen LogP contribution in [-0.2, 0) is 9.47 Å². The zero-order valence-electron chi connectivity index (χ0n) is 11.6. The van der Waals surface area contributed by atoms with Crippen LogP contribution in [0.2, 0.25) is 0 Å². The lowest BCUT2D eigenvalue weighted by atomic mass is 10.1. The predicted molar refractivity (Wildman–Crippen MR) is 70.4 cm³/mol. The smallest absolute Gasteiger partial charge is 0.410 e. The Balaban J connectivity index is 2.53. The van der Waals surface area contributed by atoms with Gasteiger partial charge in [-0.2, -0.15) is 0 Å². The largest absolute Gasteiger partial charge is 0.444 e. The average Bonchev–Trinajstić information content (AvgIpc) is 2.27. The number of ether oxygens (including phenoxy) is 2. The maximum Gasteiger partial charge on any atom is 0.410 e. The average molecular weight is 256 g/mol. The third kappa shape index (κ3) is 4.66. The summed E-state index contributed by atoms with van der Waals surface area (Å²) in [6.07, 6.45) is 0.290. The molecule has 0 aromatic carbocycles. The van der Waals surface area contributed by atoms with E-state index in [4.69, 9.17) is 15.2 Å². The molecule has 1 unspecified atom stereocenters. The van der Waals surface area contributed by atoms with E-state index in [-0.39, 0.29) is 12.2 Å².